The molecule has 4 aromatic rings. The summed E-state index contributed by atoms with van der Waals surface area (Å²) in [7, 11) is 1.61. The zero-order valence-corrected chi connectivity index (χ0v) is 20.4. The third-order valence-corrected chi connectivity index (χ3v) is 6.02. The second-order valence-electron chi connectivity index (χ2n) is 8.64. The van der Waals surface area contributed by atoms with Crippen LogP contribution in [0.4, 0.5) is 5.82 Å². The Labute approximate surface area is 200 Å². The van der Waals surface area contributed by atoms with E-state index in [2.05, 4.69) is 28.7 Å². The molecule has 0 radical (unpaired) electrons. The molecule has 2 aromatic carbocycles. The molecule has 2 aromatic heterocycles. The summed E-state index contributed by atoms with van der Waals surface area (Å²) in [5, 5.41) is 3.17. The number of benzene rings is 2. The summed E-state index contributed by atoms with van der Waals surface area (Å²) in [5.74, 6) is 2.00. The minimum Gasteiger partial charge on any atom is -0.497 e. The Morgan fingerprint density at radius 2 is 1.85 bits per heavy atom. The lowest BCUT2D eigenvalue weighted by Gasteiger charge is -2.15. The molecule has 1 amide bonds. The van der Waals surface area contributed by atoms with Gasteiger partial charge < -0.3 is 24.3 Å². The van der Waals surface area contributed by atoms with Gasteiger partial charge in [0, 0.05) is 24.4 Å². The number of hydrogen-bond donors (Lipinski definition) is 2. The zero-order chi connectivity index (χ0) is 24.2. The molecular weight excluding hydrogens is 428 g/mol. The average molecular weight is 461 g/mol. The van der Waals surface area contributed by atoms with Crippen LogP contribution in [0.25, 0.3) is 22.4 Å². The van der Waals surface area contributed by atoms with Crippen molar-refractivity contribution in [3.63, 3.8) is 0 Å². The first-order chi connectivity index (χ1) is 16.4. The fourth-order valence-corrected chi connectivity index (χ4v) is 4.10. The number of nitrogens with zero attached hydrogens (tertiary/aromatic N) is 2. The number of hydrogen-bond acceptors (Lipinski definition) is 4. The first-order valence-electron chi connectivity index (χ1n) is 11.6. The number of carbonyl (C=O) groups excluding carboxylic acids is 1. The van der Waals surface area contributed by atoms with E-state index in [0.29, 0.717) is 17.9 Å². The zero-order valence-electron chi connectivity index (χ0n) is 20.4. The Morgan fingerprint density at radius 3 is 2.53 bits per heavy atom. The van der Waals surface area contributed by atoms with E-state index in [1.807, 2.05) is 38.1 Å². The van der Waals surface area contributed by atoms with Crippen LogP contribution in [0.5, 0.6) is 5.75 Å². The molecule has 2 heterocycles. The van der Waals surface area contributed by atoms with Gasteiger partial charge in [0.15, 0.2) is 0 Å². The molecule has 0 fully saturated rings. The monoisotopic (exact) mass is 460 g/mol. The van der Waals surface area contributed by atoms with Gasteiger partial charge in [-0.2, -0.15) is 0 Å². The van der Waals surface area contributed by atoms with Crippen molar-refractivity contribution < 1.29 is 14.3 Å². The maximum Gasteiger partial charge on any atom is 0.256 e. The summed E-state index contributed by atoms with van der Waals surface area (Å²) in [5.41, 5.74) is 5.47. The van der Waals surface area contributed by atoms with Crippen molar-refractivity contribution >= 4 is 22.8 Å². The highest BCUT2D eigenvalue weighted by molar-refractivity contribution is 6.06. The number of fused-ring (bicyclic) bond motifs is 1. The first-order valence-corrected chi connectivity index (χ1v) is 11.6. The molecule has 0 saturated heterocycles. The number of nitrogens with one attached hydrogen (secondary N) is 2. The SMILES string of the molecule is COc1ccc(C(=O)Nc2c(-c3nc4ccccc4[nH]3)c(C)c(C)n2CCCOC(C)C)cc1. The normalized spacial score (nSPS) is 11.4. The van der Waals surface area contributed by atoms with Gasteiger partial charge in [0.2, 0.25) is 0 Å². The van der Waals surface area contributed by atoms with Gasteiger partial charge in [0.1, 0.15) is 17.4 Å². The Bertz CT molecular complexity index is 1250. The highest BCUT2D eigenvalue weighted by Crippen LogP contribution is 2.36. The van der Waals surface area contributed by atoms with Crippen molar-refractivity contribution in [2.24, 2.45) is 0 Å². The molecule has 0 aliphatic carbocycles. The van der Waals surface area contributed by atoms with Crippen molar-refractivity contribution in [3.8, 4) is 17.1 Å². The molecule has 7 nitrogen and oxygen atoms in total. The molecule has 0 saturated carbocycles. The van der Waals surface area contributed by atoms with E-state index in [-0.39, 0.29) is 12.0 Å². The van der Waals surface area contributed by atoms with E-state index in [0.717, 1.165) is 52.5 Å². The molecular formula is C27H32N4O3. The Hall–Kier alpha value is -3.58. The molecule has 0 aliphatic heterocycles. The Balaban J connectivity index is 1.73. The van der Waals surface area contributed by atoms with E-state index >= 15 is 0 Å². The number of anilines is 1. The molecule has 178 valence electrons. The van der Waals surface area contributed by atoms with Gasteiger partial charge in [-0.1, -0.05) is 12.1 Å². The molecule has 2 N–H and O–H groups in total. The van der Waals surface area contributed by atoms with Gasteiger partial charge in [0.25, 0.3) is 5.91 Å². The van der Waals surface area contributed by atoms with Crippen LogP contribution >= 0.6 is 0 Å². The Morgan fingerprint density at radius 1 is 1.12 bits per heavy atom. The molecule has 0 aliphatic rings. The largest absolute Gasteiger partial charge is 0.497 e. The van der Waals surface area contributed by atoms with Gasteiger partial charge in [0.05, 0.1) is 29.8 Å². The van der Waals surface area contributed by atoms with Crippen molar-refractivity contribution in [1.29, 1.82) is 0 Å². The maximum absolute atomic E-state index is 13.2. The number of aromatic amines is 1. The minimum absolute atomic E-state index is 0.183. The molecule has 0 unspecified atom stereocenters. The number of methoxy groups -OCH3 is 1. The van der Waals surface area contributed by atoms with Crippen LogP contribution < -0.4 is 10.1 Å². The lowest BCUT2D eigenvalue weighted by atomic mass is 10.1. The average Bonchev–Trinajstić information content (AvgIpc) is 3.35. The summed E-state index contributed by atoms with van der Waals surface area (Å²) < 4.78 is 13.1. The quantitative estimate of drug-likeness (QED) is 0.313. The van der Waals surface area contributed by atoms with E-state index < -0.39 is 0 Å². The lowest BCUT2D eigenvalue weighted by molar-refractivity contribution is 0.0749. The van der Waals surface area contributed by atoms with Crippen molar-refractivity contribution in [2.75, 3.05) is 19.0 Å². The van der Waals surface area contributed by atoms with Crippen LogP contribution in [0.1, 0.15) is 41.9 Å². The third kappa shape index (κ3) is 4.84. The van der Waals surface area contributed by atoms with Crippen LogP contribution in [0, 0.1) is 13.8 Å². The van der Waals surface area contributed by atoms with Gasteiger partial charge in [-0.15, -0.1) is 0 Å². The molecule has 4 rings (SSSR count). The number of para-hydroxylation sites is 2. The lowest BCUT2D eigenvalue weighted by Crippen LogP contribution is -2.17. The van der Waals surface area contributed by atoms with Crippen molar-refractivity contribution in [1.82, 2.24) is 14.5 Å². The van der Waals surface area contributed by atoms with Gasteiger partial charge >= 0.3 is 0 Å². The summed E-state index contributed by atoms with van der Waals surface area (Å²) >= 11 is 0. The van der Waals surface area contributed by atoms with Crippen LogP contribution in [0.2, 0.25) is 0 Å². The van der Waals surface area contributed by atoms with Gasteiger partial charge in [-0.05, 0) is 76.1 Å². The first kappa shape index (κ1) is 23.6. The molecule has 0 spiro atoms. The highest BCUT2D eigenvalue weighted by Gasteiger charge is 2.23. The number of H-pyrrole nitrogens is 1. The maximum atomic E-state index is 13.2. The number of amides is 1. The van der Waals surface area contributed by atoms with Gasteiger partial charge in [-0.3, -0.25) is 4.79 Å². The van der Waals surface area contributed by atoms with E-state index in [1.54, 1.807) is 31.4 Å². The van der Waals surface area contributed by atoms with E-state index in [1.165, 1.54) is 0 Å². The van der Waals surface area contributed by atoms with E-state index in [9.17, 15) is 4.79 Å². The Kier molecular flexibility index (Phi) is 7.03. The van der Waals surface area contributed by atoms with Crippen LogP contribution in [0.3, 0.4) is 0 Å². The number of rotatable bonds is 9. The van der Waals surface area contributed by atoms with Crippen LogP contribution in [-0.2, 0) is 11.3 Å². The summed E-state index contributed by atoms with van der Waals surface area (Å²) in [6.45, 7) is 9.59. The second kappa shape index (κ2) is 10.1. The smallest absolute Gasteiger partial charge is 0.256 e. The van der Waals surface area contributed by atoms with Crippen molar-refractivity contribution in [3.05, 3.63) is 65.4 Å². The standard InChI is InChI=1S/C27H32N4O3/c1-17(2)34-16-8-15-31-19(4)18(3)24(25-28-22-9-6-7-10-23(22)29-25)26(31)30-27(32)20-11-13-21(33-5)14-12-20/h6-7,9-14,17H,8,15-16H2,1-5H3,(H,28,29)(H,30,32). The summed E-state index contributed by atoms with van der Waals surface area (Å²) in [4.78, 5) is 21.5. The van der Waals surface area contributed by atoms with E-state index in [4.69, 9.17) is 14.5 Å². The minimum atomic E-state index is -0.183. The number of imidazole rings is 1. The predicted octanol–water partition coefficient (Wildman–Crippen LogP) is 5.72. The fourth-order valence-electron chi connectivity index (χ4n) is 4.10. The third-order valence-electron chi connectivity index (χ3n) is 6.02. The molecule has 7 heteroatoms. The predicted molar refractivity (Wildman–Crippen MR) is 136 cm³/mol. The molecule has 0 bridgehead atoms. The number of aromatic nitrogens is 3. The summed E-state index contributed by atoms with van der Waals surface area (Å²) in [6, 6.07) is 15.0. The number of carbonyl (C=O) groups is 1. The molecule has 34 heavy (non-hydrogen) atoms. The van der Waals surface area contributed by atoms with Crippen LogP contribution in [-0.4, -0.2) is 40.3 Å². The number of ether oxygens (including phenoxy) is 2. The topological polar surface area (TPSA) is 81.2 Å². The fraction of sp³-hybridized carbons (Fsp3) is 0.333. The summed E-state index contributed by atoms with van der Waals surface area (Å²) in [6.07, 6.45) is 1.02. The van der Waals surface area contributed by atoms with Gasteiger partial charge in [-0.25, -0.2) is 4.98 Å². The highest BCUT2D eigenvalue weighted by atomic mass is 16.5. The van der Waals surface area contributed by atoms with Crippen molar-refractivity contribution in [2.45, 2.75) is 46.8 Å². The second-order valence-corrected chi connectivity index (χ2v) is 8.64. The molecule has 0 atom stereocenters. The van der Waals surface area contributed by atoms with Crippen LogP contribution in [0.15, 0.2) is 48.5 Å².